The smallest absolute Gasteiger partial charge is 0.264 e. The third kappa shape index (κ3) is 5.87. The van der Waals surface area contributed by atoms with Crippen LogP contribution in [0.25, 0.3) is 0 Å². The van der Waals surface area contributed by atoms with E-state index in [-0.39, 0.29) is 10.0 Å². The number of anilines is 1. The van der Waals surface area contributed by atoms with Crippen LogP contribution in [0.5, 0.6) is 5.75 Å². The average Bonchev–Trinajstić information content (AvgIpc) is 2.60. The number of methoxy groups -OCH3 is 1. The quantitative estimate of drug-likeness (QED) is 0.399. The van der Waals surface area contributed by atoms with Gasteiger partial charge >= 0.3 is 0 Å². The van der Waals surface area contributed by atoms with Crippen LogP contribution in [0, 0.1) is 3.57 Å². The fourth-order valence-electron chi connectivity index (χ4n) is 2.11. The number of carbonyl (C=O) groups excluding carboxylic acids is 2. The van der Waals surface area contributed by atoms with Crippen LogP contribution in [0.4, 0.5) is 5.69 Å². The van der Waals surface area contributed by atoms with Crippen LogP contribution >= 0.6 is 34.8 Å². The Morgan fingerprint density at radius 1 is 1.11 bits per heavy atom. The zero-order chi connectivity index (χ0) is 20.9. The highest BCUT2D eigenvalue weighted by atomic mass is 127. The van der Waals surface area contributed by atoms with E-state index in [0.29, 0.717) is 17.0 Å². The molecule has 2 rings (SSSR count). The summed E-state index contributed by atoms with van der Waals surface area (Å²) in [5.74, 6) is -0.422. The van der Waals surface area contributed by atoms with E-state index >= 15 is 0 Å². The zero-order valence-electron chi connectivity index (χ0n) is 14.8. The molecule has 0 fully saturated rings. The predicted molar refractivity (Wildman–Crippen MR) is 117 cm³/mol. The molecule has 0 saturated heterocycles. The zero-order valence-corrected chi connectivity index (χ0v) is 18.6. The summed E-state index contributed by atoms with van der Waals surface area (Å²) in [6, 6.07) is 10.5. The summed E-state index contributed by atoms with van der Waals surface area (Å²) in [4.78, 5) is 23.2. The number of rotatable bonds is 5. The molecule has 0 aliphatic heterocycles. The van der Waals surface area contributed by atoms with Crippen molar-refractivity contribution < 1.29 is 22.7 Å². The highest BCUT2D eigenvalue weighted by Crippen LogP contribution is 2.21. The summed E-state index contributed by atoms with van der Waals surface area (Å²) in [7, 11) is -2.37. The lowest BCUT2D eigenvalue weighted by atomic mass is 10.2. The highest BCUT2D eigenvalue weighted by Gasteiger charge is 2.15. The molecule has 148 valence electrons. The van der Waals surface area contributed by atoms with E-state index in [0.717, 1.165) is 10.5 Å². The molecule has 2 aromatic rings. The normalized spacial score (nSPS) is 10.7. The molecule has 0 unspecified atom stereocenters. The maximum absolute atomic E-state index is 12.3. The van der Waals surface area contributed by atoms with E-state index in [9.17, 15) is 18.0 Å². The summed E-state index contributed by atoms with van der Waals surface area (Å²) in [5.41, 5.74) is 0.877. The van der Waals surface area contributed by atoms with Crippen molar-refractivity contribution >= 4 is 67.4 Å². The molecule has 0 bridgehead atoms. The van der Waals surface area contributed by atoms with Gasteiger partial charge in [0.15, 0.2) is 5.11 Å². The first-order valence-corrected chi connectivity index (χ1v) is 10.7. The van der Waals surface area contributed by atoms with Gasteiger partial charge in [-0.2, -0.15) is 0 Å². The molecular weight excluding hydrogens is 517 g/mol. The Balaban J connectivity index is 2.02. The monoisotopic (exact) mass is 533 g/mol. The minimum Gasteiger partial charge on any atom is -0.496 e. The Morgan fingerprint density at radius 3 is 2.29 bits per heavy atom. The van der Waals surface area contributed by atoms with Crippen molar-refractivity contribution in [1.82, 2.24) is 10.0 Å². The van der Waals surface area contributed by atoms with Gasteiger partial charge in [-0.25, -0.2) is 13.1 Å². The second-order valence-corrected chi connectivity index (χ2v) is 8.70. The van der Waals surface area contributed by atoms with Crippen LogP contribution in [-0.2, 0) is 14.8 Å². The molecule has 8 nitrogen and oxygen atoms in total. The Hall–Kier alpha value is -2.25. The first-order chi connectivity index (χ1) is 13.1. The van der Waals surface area contributed by atoms with Crippen LogP contribution in [0.2, 0.25) is 0 Å². The maximum Gasteiger partial charge on any atom is 0.264 e. The first-order valence-electron chi connectivity index (χ1n) is 7.71. The highest BCUT2D eigenvalue weighted by molar-refractivity contribution is 14.1. The molecule has 3 N–H and O–H groups in total. The van der Waals surface area contributed by atoms with Gasteiger partial charge in [-0.15, -0.1) is 0 Å². The second kappa shape index (κ2) is 9.30. The number of halogens is 1. The van der Waals surface area contributed by atoms with E-state index in [4.69, 9.17) is 17.0 Å². The number of sulfonamides is 1. The standard InChI is InChI=1S/C17H16IN3O5S2/c1-10(22)21-28(24,25)13-6-4-12(5-7-13)19-17(27)20-16(23)11-3-8-15(26-2)14(18)9-11/h3-9H,1-2H3,(H,21,22)(H2,19,20,23,27). The molecular formula is C17H16IN3O5S2. The number of ether oxygens (including phenoxy) is 1. The molecule has 0 spiro atoms. The minimum absolute atomic E-state index is 0.0493. The van der Waals surface area contributed by atoms with E-state index in [1.165, 1.54) is 24.3 Å². The number of nitrogens with one attached hydrogen (secondary N) is 3. The topological polar surface area (TPSA) is 114 Å². The number of hydrogen-bond donors (Lipinski definition) is 3. The Labute approximate surface area is 181 Å². The molecule has 0 heterocycles. The summed E-state index contributed by atoms with van der Waals surface area (Å²) < 4.78 is 31.6. The molecule has 0 saturated carbocycles. The van der Waals surface area contributed by atoms with Gasteiger partial charge in [0.2, 0.25) is 5.91 Å². The van der Waals surface area contributed by atoms with Crippen LogP contribution in [0.1, 0.15) is 17.3 Å². The lowest BCUT2D eigenvalue weighted by Crippen LogP contribution is -2.34. The molecule has 0 radical (unpaired) electrons. The van der Waals surface area contributed by atoms with Gasteiger partial charge < -0.3 is 10.1 Å². The Morgan fingerprint density at radius 2 is 1.75 bits per heavy atom. The van der Waals surface area contributed by atoms with E-state index in [1.807, 2.05) is 4.72 Å². The lowest BCUT2D eigenvalue weighted by molar-refractivity contribution is -0.117. The van der Waals surface area contributed by atoms with Gasteiger partial charge in [0, 0.05) is 18.2 Å². The molecule has 0 aromatic heterocycles. The van der Waals surface area contributed by atoms with Crippen molar-refractivity contribution in [3.05, 3.63) is 51.6 Å². The number of hydrogen-bond acceptors (Lipinski definition) is 6. The molecule has 28 heavy (non-hydrogen) atoms. The van der Waals surface area contributed by atoms with Gasteiger partial charge in [-0.3, -0.25) is 14.9 Å². The summed E-state index contributed by atoms with van der Waals surface area (Å²) in [6.45, 7) is 1.11. The van der Waals surface area contributed by atoms with E-state index in [1.54, 1.807) is 25.3 Å². The minimum atomic E-state index is -3.91. The summed E-state index contributed by atoms with van der Waals surface area (Å²) >= 11 is 7.17. The number of amides is 2. The van der Waals surface area contributed by atoms with Crippen molar-refractivity contribution in [3.8, 4) is 5.75 Å². The summed E-state index contributed by atoms with van der Waals surface area (Å²) in [5, 5.41) is 5.38. The molecule has 0 atom stereocenters. The molecule has 11 heteroatoms. The van der Waals surface area contributed by atoms with Gasteiger partial charge in [0.1, 0.15) is 5.75 Å². The molecule has 2 amide bonds. The van der Waals surface area contributed by atoms with Gasteiger partial charge in [0.05, 0.1) is 15.6 Å². The second-order valence-electron chi connectivity index (χ2n) is 5.44. The Kier molecular flexibility index (Phi) is 7.32. The largest absolute Gasteiger partial charge is 0.496 e. The van der Waals surface area contributed by atoms with E-state index < -0.39 is 21.8 Å². The predicted octanol–water partition coefficient (Wildman–Crippen LogP) is 2.25. The van der Waals surface area contributed by atoms with Crippen LogP contribution < -0.4 is 20.1 Å². The Bertz CT molecular complexity index is 1020. The van der Waals surface area contributed by atoms with Crippen molar-refractivity contribution in [2.45, 2.75) is 11.8 Å². The van der Waals surface area contributed by atoms with E-state index in [2.05, 4.69) is 33.2 Å². The maximum atomic E-state index is 12.3. The van der Waals surface area contributed by atoms with Gasteiger partial charge in [0.25, 0.3) is 15.9 Å². The third-order valence-electron chi connectivity index (χ3n) is 3.34. The number of thiocarbonyl (C=S) groups is 1. The van der Waals surface area contributed by atoms with Gasteiger partial charge in [-0.05, 0) is 77.3 Å². The molecule has 2 aromatic carbocycles. The lowest BCUT2D eigenvalue weighted by Gasteiger charge is -2.11. The van der Waals surface area contributed by atoms with Crippen LogP contribution in [0.3, 0.4) is 0 Å². The SMILES string of the molecule is COc1ccc(C(=O)NC(=S)Nc2ccc(S(=O)(=O)NC(C)=O)cc2)cc1I. The fourth-order valence-corrected chi connectivity index (χ4v) is 4.05. The molecule has 0 aliphatic carbocycles. The van der Waals surface area contributed by atoms with Crippen molar-refractivity contribution in [3.63, 3.8) is 0 Å². The van der Waals surface area contributed by atoms with Gasteiger partial charge in [-0.1, -0.05) is 0 Å². The first kappa shape index (κ1) is 22.0. The summed E-state index contributed by atoms with van der Waals surface area (Å²) in [6.07, 6.45) is 0. The molecule has 0 aliphatic rings. The third-order valence-corrected chi connectivity index (χ3v) is 5.84. The van der Waals surface area contributed by atoms with Crippen molar-refractivity contribution in [2.24, 2.45) is 0 Å². The van der Waals surface area contributed by atoms with Crippen molar-refractivity contribution in [1.29, 1.82) is 0 Å². The van der Waals surface area contributed by atoms with Crippen LogP contribution in [-0.4, -0.2) is 32.5 Å². The number of benzene rings is 2. The average molecular weight is 533 g/mol. The van der Waals surface area contributed by atoms with Crippen LogP contribution in [0.15, 0.2) is 47.4 Å². The number of carbonyl (C=O) groups is 2. The van der Waals surface area contributed by atoms with Crippen molar-refractivity contribution in [2.75, 3.05) is 12.4 Å². The fraction of sp³-hybridized carbons (Fsp3) is 0.118.